The third-order valence-electron chi connectivity index (χ3n) is 6.31. The molecule has 0 saturated heterocycles. The van der Waals surface area contributed by atoms with Crippen LogP contribution in [0.5, 0.6) is 11.5 Å². The lowest BCUT2D eigenvalue weighted by Gasteiger charge is -2.33. The van der Waals surface area contributed by atoms with Gasteiger partial charge in [-0.05, 0) is 61.6 Å². The molecule has 170 valence electrons. The molecule has 1 heterocycles. The van der Waals surface area contributed by atoms with Crippen LogP contribution in [-0.2, 0) is 0 Å². The summed E-state index contributed by atoms with van der Waals surface area (Å²) in [6, 6.07) is 11.6. The van der Waals surface area contributed by atoms with Gasteiger partial charge < -0.3 is 19.5 Å². The smallest absolute Gasteiger partial charge is 0.392 e. The Morgan fingerprint density at radius 3 is 2.53 bits per heavy atom. The molecule has 2 aromatic rings. The van der Waals surface area contributed by atoms with Crippen molar-refractivity contribution in [2.75, 3.05) is 19.1 Å². The lowest BCUT2D eigenvalue weighted by Crippen LogP contribution is -2.28. The highest BCUT2D eigenvalue weighted by Gasteiger charge is 2.46. The third kappa shape index (κ3) is 4.01. The van der Waals surface area contributed by atoms with Gasteiger partial charge in [-0.2, -0.15) is 13.2 Å². The van der Waals surface area contributed by atoms with Crippen LogP contribution < -0.4 is 14.4 Å². The van der Waals surface area contributed by atoms with Crippen molar-refractivity contribution in [1.82, 2.24) is 0 Å². The molecule has 0 amide bonds. The molecule has 2 unspecified atom stereocenters. The molecule has 0 bridgehead atoms. The molecule has 1 aliphatic heterocycles. The van der Waals surface area contributed by atoms with Gasteiger partial charge in [-0.3, -0.25) is 0 Å². The van der Waals surface area contributed by atoms with Crippen molar-refractivity contribution < 1.29 is 32.5 Å². The zero-order chi connectivity index (χ0) is 23.0. The van der Waals surface area contributed by atoms with Gasteiger partial charge in [-0.15, -0.1) is 0 Å². The summed E-state index contributed by atoms with van der Waals surface area (Å²) in [5.41, 5.74) is 3.19. The van der Waals surface area contributed by atoms with Crippen LogP contribution in [0, 0.1) is 5.92 Å². The van der Waals surface area contributed by atoms with E-state index in [1.54, 1.807) is 37.4 Å². The number of rotatable bonds is 5. The van der Waals surface area contributed by atoms with Gasteiger partial charge in [0.05, 0.1) is 31.7 Å². The lowest BCUT2D eigenvalue weighted by atomic mass is 9.85. The first-order valence-corrected chi connectivity index (χ1v) is 10.3. The predicted molar refractivity (Wildman–Crippen MR) is 113 cm³/mol. The summed E-state index contributed by atoms with van der Waals surface area (Å²) in [5.74, 6) is -1.23. The first-order chi connectivity index (χ1) is 15.2. The van der Waals surface area contributed by atoms with Crippen LogP contribution in [0.4, 0.5) is 18.9 Å². The minimum absolute atomic E-state index is 0.0178. The fourth-order valence-corrected chi connectivity index (χ4v) is 4.76. The molecule has 0 radical (unpaired) electrons. The van der Waals surface area contributed by atoms with Crippen LogP contribution in [0.3, 0.4) is 0 Å². The van der Waals surface area contributed by atoms with Crippen molar-refractivity contribution in [3.63, 3.8) is 0 Å². The Hall–Kier alpha value is -3.16. The number of nitrogens with zero attached hydrogens (tertiary/aromatic N) is 1. The normalized spacial score (nSPS) is 20.8. The molecule has 5 nitrogen and oxygen atoms in total. The van der Waals surface area contributed by atoms with Crippen molar-refractivity contribution in [3.05, 3.63) is 64.9 Å². The SMILES string of the molecule is COc1ccc(C2CC3=C(CCC(C(F)(F)F)C3)N2c2cccc(C(=O)O)c2)c(OC)c1. The Morgan fingerprint density at radius 1 is 1.09 bits per heavy atom. The van der Waals surface area contributed by atoms with Crippen LogP contribution in [0.1, 0.15) is 47.6 Å². The second kappa shape index (κ2) is 8.41. The first kappa shape index (κ1) is 22.0. The maximum Gasteiger partial charge on any atom is 0.392 e. The fourth-order valence-electron chi connectivity index (χ4n) is 4.76. The molecule has 1 N–H and O–H groups in total. The molecule has 8 heteroatoms. The Morgan fingerprint density at radius 2 is 1.88 bits per heavy atom. The van der Waals surface area contributed by atoms with Crippen LogP contribution in [0.25, 0.3) is 0 Å². The molecular formula is C24H24F3NO4. The minimum Gasteiger partial charge on any atom is -0.497 e. The standard InChI is InChI=1S/C24H24F3NO4/c1-31-18-7-8-19(22(13-18)32-2)21-12-15-10-16(24(25,26)27)6-9-20(15)28(21)17-5-3-4-14(11-17)23(29)30/h3-5,7-8,11,13,16,21H,6,9-10,12H2,1-2H3,(H,29,30). The topological polar surface area (TPSA) is 59.0 Å². The van der Waals surface area contributed by atoms with Gasteiger partial charge in [0.1, 0.15) is 11.5 Å². The monoisotopic (exact) mass is 447 g/mol. The molecule has 2 aromatic carbocycles. The molecule has 0 spiro atoms. The zero-order valence-corrected chi connectivity index (χ0v) is 17.8. The van der Waals surface area contributed by atoms with Crippen molar-refractivity contribution in [2.45, 2.75) is 37.9 Å². The van der Waals surface area contributed by atoms with Crippen LogP contribution in [0.15, 0.2) is 53.7 Å². The summed E-state index contributed by atoms with van der Waals surface area (Å²) in [6.45, 7) is 0. The highest BCUT2D eigenvalue weighted by Crippen LogP contribution is 2.52. The zero-order valence-electron chi connectivity index (χ0n) is 17.8. The fraction of sp³-hybridized carbons (Fsp3) is 0.375. The molecule has 0 saturated carbocycles. The summed E-state index contributed by atoms with van der Waals surface area (Å²) >= 11 is 0. The molecule has 2 aliphatic rings. The minimum atomic E-state index is -4.23. The van der Waals surface area contributed by atoms with Crippen LogP contribution in [0.2, 0.25) is 0 Å². The molecule has 32 heavy (non-hydrogen) atoms. The van der Waals surface area contributed by atoms with Gasteiger partial charge in [-0.1, -0.05) is 6.07 Å². The maximum atomic E-state index is 13.4. The molecule has 0 fully saturated rings. The van der Waals surface area contributed by atoms with Crippen LogP contribution >= 0.6 is 0 Å². The summed E-state index contributed by atoms with van der Waals surface area (Å²) in [4.78, 5) is 13.5. The Kier molecular flexibility index (Phi) is 5.79. The highest BCUT2D eigenvalue weighted by atomic mass is 19.4. The van der Waals surface area contributed by atoms with E-state index in [9.17, 15) is 23.1 Å². The average Bonchev–Trinajstić information content (AvgIpc) is 3.16. The molecule has 0 aromatic heterocycles. The summed E-state index contributed by atoms with van der Waals surface area (Å²) in [7, 11) is 3.08. The number of ether oxygens (including phenoxy) is 2. The van der Waals surface area contributed by atoms with E-state index in [0.717, 1.165) is 16.8 Å². The number of hydrogen-bond acceptors (Lipinski definition) is 4. The number of methoxy groups -OCH3 is 2. The van der Waals surface area contributed by atoms with Crippen molar-refractivity contribution in [3.8, 4) is 11.5 Å². The van der Waals surface area contributed by atoms with E-state index in [1.807, 2.05) is 11.0 Å². The van der Waals surface area contributed by atoms with Gasteiger partial charge in [0.15, 0.2) is 0 Å². The number of hydrogen-bond donors (Lipinski definition) is 1. The van der Waals surface area contributed by atoms with Gasteiger partial charge >= 0.3 is 12.1 Å². The number of carboxylic acid groups (broad SMARTS) is 1. The van der Waals surface area contributed by atoms with Gasteiger partial charge in [-0.25, -0.2) is 4.79 Å². The van der Waals surface area contributed by atoms with Gasteiger partial charge in [0.25, 0.3) is 0 Å². The van der Waals surface area contributed by atoms with Gasteiger partial charge in [0, 0.05) is 23.0 Å². The number of carboxylic acids is 1. The van der Waals surface area contributed by atoms with E-state index in [1.165, 1.54) is 13.2 Å². The number of allylic oxidation sites excluding steroid dienone is 1. The largest absolute Gasteiger partial charge is 0.497 e. The molecule has 4 rings (SSSR count). The average molecular weight is 447 g/mol. The number of halogens is 3. The summed E-state index contributed by atoms with van der Waals surface area (Å²) in [6.07, 6.45) is -3.55. The maximum absolute atomic E-state index is 13.4. The number of carbonyl (C=O) groups is 1. The van der Waals surface area contributed by atoms with Crippen molar-refractivity contribution in [2.24, 2.45) is 5.92 Å². The van der Waals surface area contributed by atoms with E-state index in [0.29, 0.717) is 23.6 Å². The summed E-state index contributed by atoms with van der Waals surface area (Å²) in [5, 5.41) is 9.44. The Labute approximate surface area is 184 Å². The van der Waals surface area contributed by atoms with E-state index < -0.39 is 18.1 Å². The Balaban J connectivity index is 1.80. The number of benzene rings is 2. The van der Waals surface area contributed by atoms with E-state index in [-0.39, 0.29) is 30.9 Å². The van der Waals surface area contributed by atoms with E-state index >= 15 is 0 Å². The van der Waals surface area contributed by atoms with E-state index in [2.05, 4.69) is 0 Å². The number of anilines is 1. The van der Waals surface area contributed by atoms with Crippen molar-refractivity contribution >= 4 is 11.7 Å². The molecule has 1 aliphatic carbocycles. The molecule has 2 atom stereocenters. The highest BCUT2D eigenvalue weighted by molar-refractivity contribution is 5.89. The second-order valence-electron chi connectivity index (χ2n) is 8.08. The quantitative estimate of drug-likeness (QED) is 0.612. The summed E-state index contributed by atoms with van der Waals surface area (Å²) < 4.78 is 51.2. The first-order valence-electron chi connectivity index (χ1n) is 10.3. The predicted octanol–water partition coefficient (Wildman–Crippen LogP) is 5.97. The number of alkyl halides is 3. The third-order valence-corrected chi connectivity index (χ3v) is 6.31. The van der Waals surface area contributed by atoms with Gasteiger partial charge in [0.2, 0.25) is 0 Å². The Bertz CT molecular complexity index is 1060. The lowest BCUT2D eigenvalue weighted by molar-refractivity contribution is -0.176. The second-order valence-corrected chi connectivity index (χ2v) is 8.08. The van der Waals surface area contributed by atoms with Crippen molar-refractivity contribution in [1.29, 1.82) is 0 Å². The molecular weight excluding hydrogens is 423 g/mol. The van der Waals surface area contributed by atoms with Crippen LogP contribution in [-0.4, -0.2) is 31.5 Å². The van der Waals surface area contributed by atoms with E-state index in [4.69, 9.17) is 9.47 Å². The number of aromatic carboxylic acids is 1.